The van der Waals surface area contributed by atoms with Crippen molar-refractivity contribution in [3.63, 3.8) is 0 Å². The minimum Gasteiger partial charge on any atom is -0.304 e. The van der Waals surface area contributed by atoms with Gasteiger partial charge >= 0.3 is 0 Å². The van der Waals surface area contributed by atoms with Crippen LogP contribution in [-0.2, 0) is 13.0 Å². The maximum atomic E-state index is 4.49. The first-order valence-electron chi connectivity index (χ1n) is 6.84. The van der Waals surface area contributed by atoms with Gasteiger partial charge in [0.05, 0.1) is 6.04 Å². The van der Waals surface area contributed by atoms with Crippen molar-refractivity contribution < 1.29 is 0 Å². The van der Waals surface area contributed by atoms with Gasteiger partial charge in [-0.25, -0.2) is 4.98 Å². The van der Waals surface area contributed by atoms with Crippen molar-refractivity contribution in [1.82, 2.24) is 10.3 Å². The van der Waals surface area contributed by atoms with Gasteiger partial charge in [0.2, 0.25) is 0 Å². The Balaban J connectivity index is 1.98. The summed E-state index contributed by atoms with van der Waals surface area (Å²) in [4.78, 5) is 5.85. The van der Waals surface area contributed by atoms with Crippen molar-refractivity contribution >= 4 is 11.3 Å². The normalized spacial score (nSPS) is 12.6. The predicted octanol–water partition coefficient (Wildman–Crippen LogP) is 4.17. The van der Waals surface area contributed by atoms with Crippen LogP contribution in [0.2, 0.25) is 0 Å². The molecule has 0 spiro atoms. The van der Waals surface area contributed by atoms with Crippen LogP contribution in [0.1, 0.15) is 46.5 Å². The van der Waals surface area contributed by atoms with Crippen LogP contribution in [0, 0.1) is 13.8 Å². The Kier molecular flexibility index (Phi) is 4.72. The molecule has 0 fully saturated rings. The van der Waals surface area contributed by atoms with E-state index in [-0.39, 0.29) is 0 Å². The number of aromatic nitrogens is 1. The average Bonchev–Trinajstić information content (AvgIpc) is 2.86. The van der Waals surface area contributed by atoms with Gasteiger partial charge < -0.3 is 5.32 Å². The first-order valence-corrected chi connectivity index (χ1v) is 7.66. The van der Waals surface area contributed by atoms with Crippen LogP contribution >= 0.6 is 11.3 Å². The second-order valence-electron chi connectivity index (χ2n) is 5.05. The summed E-state index contributed by atoms with van der Waals surface area (Å²) in [6.07, 6.45) is 3.07. The zero-order chi connectivity index (χ0) is 13.8. The Morgan fingerprint density at radius 1 is 1.32 bits per heavy atom. The van der Waals surface area contributed by atoms with E-state index >= 15 is 0 Å². The van der Waals surface area contributed by atoms with Gasteiger partial charge in [-0.05, 0) is 38.3 Å². The Hall–Kier alpha value is -1.19. The summed E-state index contributed by atoms with van der Waals surface area (Å²) in [6, 6.07) is 6.93. The van der Waals surface area contributed by atoms with Crippen LogP contribution < -0.4 is 5.32 Å². The summed E-state index contributed by atoms with van der Waals surface area (Å²) in [5.74, 6) is 0. The van der Waals surface area contributed by atoms with Crippen molar-refractivity contribution in [2.75, 3.05) is 0 Å². The van der Waals surface area contributed by atoms with E-state index in [0.29, 0.717) is 6.04 Å². The molecule has 0 bridgehead atoms. The fourth-order valence-electron chi connectivity index (χ4n) is 2.08. The standard InChI is InChI=1S/C16H22N2S/c1-5-15-10-18-16(19-15)13(4)17-9-14-7-6-11(2)8-12(14)3/h6-8,10,13,17H,5,9H2,1-4H3. The van der Waals surface area contributed by atoms with E-state index in [1.165, 1.54) is 26.6 Å². The van der Waals surface area contributed by atoms with E-state index in [9.17, 15) is 0 Å². The van der Waals surface area contributed by atoms with Gasteiger partial charge in [-0.1, -0.05) is 30.7 Å². The maximum absolute atomic E-state index is 4.49. The highest BCUT2D eigenvalue weighted by molar-refractivity contribution is 7.11. The lowest BCUT2D eigenvalue weighted by atomic mass is 10.1. The molecule has 2 aromatic rings. The molecule has 3 heteroatoms. The van der Waals surface area contributed by atoms with E-state index in [1.807, 2.05) is 17.5 Å². The molecule has 1 atom stereocenters. The van der Waals surface area contributed by atoms with Crippen molar-refractivity contribution in [1.29, 1.82) is 0 Å². The SMILES string of the molecule is CCc1cnc(C(C)NCc2ccc(C)cc2C)s1. The van der Waals surface area contributed by atoms with Crippen molar-refractivity contribution in [2.45, 2.75) is 46.7 Å². The summed E-state index contributed by atoms with van der Waals surface area (Å²) >= 11 is 1.81. The summed E-state index contributed by atoms with van der Waals surface area (Å²) in [5, 5.41) is 4.74. The lowest BCUT2D eigenvalue weighted by Crippen LogP contribution is -2.18. The monoisotopic (exact) mass is 274 g/mol. The number of hydrogen-bond donors (Lipinski definition) is 1. The van der Waals surface area contributed by atoms with Crippen LogP contribution in [0.3, 0.4) is 0 Å². The Bertz CT molecular complexity index is 545. The molecule has 102 valence electrons. The number of nitrogens with one attached hydrogen (secondary N) is 1. The molecular formula is C16H22N2S. The van der Waals surface area contributed by atoms with Crippen LogP contribution in [0.5, 0.6) is 0 Å². The summed E-state index contributed by atoms with van der Waals surface area (Å²) in [6.45, 7) is 9.56. The van der Waals surface area contributed by atoms with Gasteiger partial charge in [0.1, 0.15) is 5.01 Å². The molecule has 0 saturated heterocycles. The fourth-order valence-corrected chi connectivity index (χ4v) is 2.96. The molecule has 0 radical (unpaired) electrons. The number of rotatable bonds is 5. The summed E-state index contributed by atoms with van der Waals surface area (Å²) < 4.78 is 0. The largest absolute Gasteiger partial charge is 0.304 e. The maximum Gasteiger partial charge on any atom is 0.109 e. The Morgan fingerprint density at radius 2 is 2.11 bits per heavy atom. The van der Waals surface area contributed by atoms with Crippen LogP contribution in [-0.4, -0.2) is 4.98 Å². The number of thiazole rings is 1. The Labute approximate surface area is 119 Å². The lowest BCUT2D eigenvalue weighted by molar-refractivity contribution is 0.570. The van der Waals surface area contributed by atoms with Crippen LogP contribution in [0.15, 0.2) is 24.4 Å². The quantitative estimate of drug-likeness (QED) is 0.885. The van der Waals surface area contributed by atoms with Gasteiger partial charge in [0, 0.05) is 17.6 Å². The highest BCUT2D eigenvalue weighted by Crippen LogP contribution is 2.21. The van der Waals surface area contributed by atoms with E-state index in [1.54, 1.807) is 0 Å². The zero-order valence-electron chi connectivity index (χ0n) is 12.2. The highest BCUT2D eigenvalue weighted by Gasteiger charge is 2.10. The predicted molar refractivity (Wildman–Crippen MR) is 82.7 cm³/mol. The second-order valence-corrected chi connectivity index (χ2v) is 6.20. The van der Waals surface area contributed by atoms with Gasteiger partial charge in [-0.2, -0.15) is 0 Å². The van der Waals surface area contributed by atoms with Gasteiger partial charge in [-0.15, -0.1) is 11.3 Å². The first kappa shape index (κ1) is 14.2. The fraction of sp³-hybridized carbons (Fsp3) is 0.438. The van der Waals surface area contributed by atoms with Crippen molar-refractivity contribution in [3.05, 3.63) is 51.0 Å². The highest BCUT2D eigenvalue weighted by atomic mass is 32.1. The number of aryl methyl sites for hydroxylation is 3. The topological polar surface area (TPSA) is 24.9 Å². The molecule has 1 aromatic heterocycles. The molecule has 0 amide bonds. The first-order chi connectivity index (χ1) is 9.10. The van der Waals surface area contributed by atoms with Gasteiger partial charge in [0.25, 0.3) is 0 Å². The van der Waals surface area contributed by atoms with Gasteiger partial charge in [0.15, 0.2) is 0 Å². The molecule has 2 rings (SSSR count). The zero-order valence-corrected chi connectivity index (χ0v) is 13.0. The number of hydrogen-bond acceptors (Lipinski definition) is 3. The van der Waals surface area contributed by atoms with E-state index in [0.717, 1.165) is 13.0 Å². The third-order valence-electron chi connectivity index (χ3n) is 3.39. The molecule has 1 aromatic carbocycles. The minimum absolute atomic E-state index is 0.311. The molecule has 1 N–H and O–H groups in total. The van der Waals surface area contributed by atoms with Crippen LogP contribution in [0.4, 0.5) is 0 Å². The van der Waals surface area contributed by atoms with Gasteiger partial charge in [-0.3, -0.25) is 0 Å². The molecule has 0 aliphatic rings. The summed E-state index contributed by atoms with van der Waals surface area (Å²) in [7, 11) is 0. The molecule has 0 aliphatic carbocycles. The molecule has 1 heterocycles. The summed E-state index contributed by atoms with van der Waals surface area (Å²) in [5.41, 5.74) is 4.04. The third kappa shape index (κ3) is 3.64. The smallest absolute Gasteiger partial charge is 0.109 e. The number of benzene rings is 1. The van der Waals surface area contributed by atoms with Crippen LogP contribution in [0.25, 0.3) is 0 Å². The molecule has 0 aliphatic heterocycles. The molecular weight excluding hydrogens is 252 g/mol. The molecule has 0 saturated carbocycles. The van der Waals surface area contributed by atoms with E-state index in [4.69, 9.17) is 0 Å². The minimum atomic E-state index is 0.311. The lowest BCUT2D eigenvalue weighted by Gasteiger charge is -2.13. The third-order valence-corrected chi connectivity index (χ3v) is 4.71. The molecule has 1 unspecified atom stereocenters. The molecule has 2 nitrogen and oxygen atoms in total. The average molecular weight is 274 g/mol. The second kappa shape index (κ2) is 6.31. The van der Waals surface area contributed by atoms with Crippen molar-refractivity contribution in [3.8, 4) is 0 Å². The van der Waals surface area contributed by atoms with Crippen molar-refractivity contribution in [2.24, 2.45) is 0 Å². The number of nitrogens with zero attached hydrogens (tertiary/aromatic N) is 1. The van der Waals surface area contributed by atoms with E-state index < -0.39 is 0 Å². The molecule has 19 heavy (non-hydrogen) atoms. The Morgan fingerprint density at radius 3 is 2.74 bits per heavy atom. The van der Waals surface area contributed by atoms with E-state index in [2.05, 4.69) is 56.2 Å².